The van der Waals surface area contributed by atoms with Gasteiger partial charge in [0.05, 0.1) is 4.83 Å². The van der Waals surface area contributed by atoms with Crippen molar-refractivity contribution in [1.82, 2.24) is 0 Å². The van der Waals surface area contributed by atoms with Gasteiger partial charge in [-0.05, 0) is 51.9 Å². The molecule has 0 amide bonds. The lowest BCUT2D eigenvalue weighted by molar-refractivity contribution is 1.16. The predicted octanol–water partition coefficient (Wildman–Crippen LogP) is 5.54. The van der Waals surface area contributed by atoms with Crippen LogP contribution in [-0.4, -0.2) is 0 Å². The van der Waals surface area contributed by atoms with Gasteiger partial charge in [0.2, 0.25) is 0 Å². The van der Waals surface area contributed by atoms with Crippen LogP contribution < -0.4 is 0 Å². The third-order valence-electron chi connectivity index (χ3n) is 2.34. The second-order valence-corrected chi connectivity index (χ2v) is 6.43. The molecule has 0 aliphatic rings. The lowest BCUT2D eigenvalue weighted by Crippen LogP contribution is -1.95. The van der Waals surface area contributed by atoms with Gasteiger partial charge >= 0.3 is 0 Å². The summed E-state index contributed by atoms with van der Waals surface area (Å²) in [4.78, 5) is 0.258. The molecular formula is C13H9Br2I. The fraction of sp³-hybridized carbons (Fsp3) is 0.0769. The molecule has 1 atom stereocenters. The normalized spacial score (nSPS) is 12.4. The van der Waals surface area contributed by atoms with Crippen LogP contribution in [0.1, 0.15) is 16.0 Å². The lowest BCUT2D eigenvalue weighted by Gasteiger charge is -2.12. The quantitative estimate of drug-likeness (QED) is 0.415. The molecule has 0 saturated heterocycles. The fourth-order valence-corrected chi connectivity index (χ4v) is 3.59. The maximum absolute atomic E-state index is 3.75. The standard InChI is InChI=1S/C13H9Br2I/c14-10-7-5-9(6-8-10)13(15)11-3-1-2-4-12(11)16/h1-8,13H. The molecule has 0 aromatic heterocycles. The van der Waals surface area contributed by atoms with Crippen molar-refractivity contribution >= 4 is 54.5 Å². The van der Waals surface area contributed by atoms with E-state index in [1.807, 2.05) is 0 Å². The third-order valence-corrected chi connectivity index (χ3v) is 4.87. The summed E-state index contributed by atoms with van der Waals surface area (Å²) in [6, 6.07) is 16.8. The van der Waals surface area contributed by atoms with Crippen LogP contribution in [0.2, 0.25) is 0 Å². The lowest BCUT2D eigenvalue weighted by atomic mass is 10.1. The molecule has 0 aliphatic carbocycles. The largest absolute Gasteiger partial charge is 0.0786 e. The molecule has 2 rings (SSSR count). The smallest absolute Gasteiger partial charge is 0.0654 e. The van der Waals surface area contributed by atoms with Crippen molar-refractivity contribution in [2.24, 2.45) is 0 Å². The van der Waals surface area contributed by atoms with E-state index in [0.29, 0.717) is 0 Å². The molecule has 0 nitrogen and oxygen atoms in total. The van der Waals surface area contributed by atoms with E-state index in [1.54, 1.807) is 0 Å². The molecule has 0 fully saturated rings. The highest BCUT2D eigenvalue weighted by Crippen LogP contribution is 2.33. The highest BCUT2D eigenvalue weighted by Gasteiger charge is 2.12. The Morgan fingerprint density at radius 3 is 2.19 bits per heavy atom. The van der Waals surface area contributed by atoms with Gasteiger partial charge in [-0.2, -0.15) is 0 Å². The fourth-order valence-electron chi connectivity index (χ4n) is 1.49. The number of rotatable bonds is 2. The molecule has 0 aliphatic heterocycles. The zero-order valence-electron chi connectivity index (χ0n) is 8.33. The molecule has 2 aromatic carbocycles. The van der Waals surface area contributed by atoms with Crippen LogP contribution in [0.4, 0.5) is 0 Å². The van der Waals surface area contributed by atoms with E-state index in [2.05, 4.69) is 103 Å². The average Bonchev–Trinajstić information content (AvgIpc) is 2.30. The minimum atomic E-state index is 0.258. The molecule has 0 bridgehead atoms. The molecule has 0 saturated carbocycles. The molecular weight excluding hydrogens is 443 g/mol. The first-order chi connectivity index (χ1) is 7.68. The first-order valence-electron chi connectivity index (χ1n) is 4.82. The van der Waals surface area contributed by atoms with Gasteiger partial charge in [-0.1, -0.05) is 62.2 Å². The molecule has 0 radical (unpaired) electrons. The van der Waals surface area contributed by atoms with Gasteiger partial charge < -0.3 is 0 Å². The van der Waals surface area contributed by atoms with Crippen molar-refractivity contribution < 1.29 is 0 Å². The van der Waals surface area contributed by atoms with Crippen molar-refractivity contribution in [3.8, 4) is 0 Å². The van der Waals surface area contributed by atoms with E-state index in [-0.39, 0.29) is 4.83 Å². The van der Waals surface area contributed by atoms with Crippen molar-refractivity contribution in [3.05, 3.63) is 67.7 Å². The van der Waals surface area contributed by atoms with Gasteiger partial charge in [0.1, 0.15) is 0 Å². The molecule has 0 spiro atoms. The summed E-state index contributed by atoms with van der Waals surface area (Å²) >= 11 is 9.57. The van der Waals surface area contributed by atoms with Crippen LogP contribution in [0.25, 0.3) is 0 Å². The Kier molecular flexibility index (Phi) is 4.44. The molecule has 16 heavy (non-hydrogen) atoms. The molecule has 82 valence electrons. The summed E-state index contributed by atoms with van der Waals surface area (Å²) in [5.41, 5.74) is 2.58. The molecule has 2 aromatic rings. The maximum Gasteiger partial charge on any atom is 0.0654 e. The van der Waals surface area contributed by atoms with Crippen LogP contribution in [0.3, 0.4) is 0 Å². The van der Waals surface area contributed by atoms with Crippen LogP contribution in [0.5, 0.6) is 0 Å². The van der Waals surface area contributed by atoms with Crippen molar-refractivity contribution in [1.29, 1.82) is 0 Å². The monoisotopic (exact) mass is 450 g/mol. The SMILES string of the molecule is Brc1ccc(C(Br)c2ccccc2I)cc1. The number of hydrogen-bond acceptors (Lipinski definition) is 0. The highest BCUT2D eigenvalue weighted by atomic mass is 127. The van der Waals surface area contributed by atoms with E-state index < -0.39 is 0 Å². The Morgan fingerprint density at radius 2 is 1.56 bits per heavy atom. The minimum Gasteiger partial charge on any atom is -0.0786 e. The van der Waals surface area contributed by atoms with Gasteiger partial charge in [0.15, 0.2) is 0 Å². The first kappa shape index (κ1) is 12.6. The zero-order chi connectivity index (χ0) is 11.5. The van der Waals surface area contributed by atoms with E-state index >= 15 is 0 Å². The van der Waals surface area contributed by atoms with Crippen LogP contribution in [0.15, 0.2) is 53.0 Å². The number of alkyl halides is 1. The summed E-state index contributed by atoms with van der Waals surface area (Å²) in [7, 11) is 0. The molecule has 0 N–H and O–H groups in total. The summed E-state index contributed by atoms with van der Waals surface area (Å²) in [5.74, 6) is 0. The van der Waals surface area contributed by atoms with Crippen LogP contribution in [-0.2, 0) is 0 Å². The first-order valence-corrected chi connectivity index (χ1v) is 7.61. The second-order valence-electron chi connectivity index (χ2n) is 3.44. The van der Waals surface area contributed by atoms with Gasteiger partial charge in [-0.25, -0.2) is 0 Å². The van der Waals surface area contributed by atoms with Crippen molar-refractivity contribution in [3.63, 3.8) is 0 Å². The molecule has 1 unspecified atom stereocenters. The van der Waals surface area contributed by atoms with Gasteiger partial charge in [0.25, 0.3) is 0 Å². The summed E-state index contributed by atoms with van der Waals surface area (Å²) in [6.45, 7) is 0. The molecule has 0 heterocycles. The van der Waals surface area contributed by atoms with Crippen molar-refractivity contribution in [2.45, 2.75) is 4.83 Å². The second kappa shape index (κ2) is 5.65. The maximum atomic E-state index is 3.75. The summed E-state index contributed by atoms with van der Waals surface area (Å²) in [6.07, 6.45) is 0. The minimum absolute atomic E-state index is 0.258. The van der Waals surface area contributed by atoms with Gasteiger partial charge in [-0.3, -0.25) is 0 Å². The van der Waals surface area contributed by atoms with E-state index in [0.717, 1.165) is 4.47 Å². The third kappa shape index (κ3) is 2.87. The Hall–Kier alpha value is 0.130. The van der Waals surface area contributed by atoms with E-state index in [9.17, 15) is 0 Å². The van der Waals surface area contributed by atoms with Crippen LogP contribution >= 0.6 is 54.5 Å². The predicted molar refractivity (Wildman–Crippen MR) is 84.1 cm³/mol. The Bertz CT molecular complexity index is 480. The van der Waals surface area contributed by atoms with E-state index in [1.165, 1.54) is 14.7 Å². The van der Waals surface area contributed by atoms with Crippen molar-refractivity contribution in [2.75, 3.05) is 0 Å². The Labute approximate surface area is 126 Å². The Morgan fingerprint density at radius 1 is 0.938 bits per heavy atom. The van der Waals surface area contributed by atoms with Gasteiger partial charge in [0, 0.05) is 8.04 Å². The van der Waals surface area contributed by atoms with Gasteiger partial charge in [-0.15, -0.1) is 0 Å². The summed E-state index contributed by atoms with van der Waals surface area (Å²) in [5, 5.41) is 0. The van der Waals surface area contributed by atoms with E-state index in [4.69, 9.17) is 0 Å². The number of benzene rings is 2. The Balaban J connectivity index is 2.35. The molecule has 3 heteroatoms. The average molecular weight is 452 g/mol. The highest BCUT2D eigenvalue weighted by molar-refractivity contribution is 14.1. The topological polar surface area (TPSA) is 0 Å². The zero-order valence-corrected chi connectivity index (χ0v) is 13.7. The number of hydrogen-bond donors (Lipinski definition) is 0. The van der Waals surface area contributed by atoms with Crippen LogP contribution in [0, 0.1) is 3.57 Å². The summed E-state index contributed by atoms with van der Waals surface area (Å²) < 4.78 is 2.39. The number of halogens is 3.